The van der Waals surface area contributed by atoms with Crippen molar-refractivity contribution < 1.29 is 28.8 Å². The zero-order chi connectivity index (χ0) is 20.1. The van der Waals surface area contributed by atoms with E-state index < -0.39 is 22.8 Å². The van der Waals surface area contributed by atoms with E-state index in [0.717, 1.165) is 28.4 Å². The second kappa shape index (κ2) is 8.40. The zero-order valence-corrected chi connectivity index (χ0v) is 15.5. The van der Waals surface area contributed by atoms with Crippen molar-refractivity contribution in [3.05, 3.63) is 38.5 Å². The first-order chi connectivity index (χ1) is 12.8. The maximum absolute atomic E-state index is 12.2. The molecule has 2 aromatic heterocycles. The van der Waals surface area contributed by atoms with E-state index >= 15 is 0 Å². The van der Waals surface area contributed by atoms with E-state index in [1.54, 1.807) is 13.8 Å². The van der Waals surface area contributed by atoms with E-state index in [1.807, 2.05) is 0 Å². The normalized spacial score (nSPS) is 10.3. The molecule has 27 heavy (non-hydrogen) atoms. The highest BCUT2D eigenvalue weighted by atomic mass is 32.1. The molecule has 2 rings (SSSR count). The number of rotatable bonds is 7. The number of anilines is 1. The molecule has 0 aromatic carbocycles. The topological polar surface area (TPSA) is 143 Å². The molecule has 0 aliphatic heterocycles. The number of amides is 1. The number of carbonyl (C=O) groups excluding carboxylic acids is 3. The van der Waals surface area contributed by atoms with Crippen molar-refractivity contribution in [1.29, 1.82) is 0 Å². The highest BCUT2D eigenvalue weighted by molar-refractivity contribution is 7.18. The van der Waals surface area contributed by atoms with Crippen molar-refractivity contribution in [3.8, 4) is 0 Å². The number of hydrogen-bond donors (Lipinski definition) is 1. The SMILES string of the molecule is CCOC(=O)c1sc(NC(=O)Cn2cc([N+](=O)[O-])cn2)c(C(=O)OC)c1C. The Labute approximate surface area is 157 Å². The Balaban J connectivity index is 2.26. The van der Waals surface area contributed by atoms with Gasteiger partial charge < -0.3 is 14.8 Å². The van der Waals surface area contributed by atoms with Crippen molar-refractivity contribution in [1.82, 2.24) is 9.78 Å². The maximum Gasteiger partial charge on any atom is 0.348 e. The molecular formula is C15H16N4O7S. The van der Waals surface area contributed by atoms with Crippen LogP contribution in [-0.4, -0.2) is 46.3 Å². The predicted octanol–water partition coefficient (Wildman–Crippen LogP) is 1.76. The molecule has 0 aliphatic rings. The van der Waals surface area contributed by atoms with Gasteiger partial charge in [0.2, 0.25) is 5.91 Å². The first-order valence-electron chi connectivity index (χ1n) is 7.64. The predicted molar refractivity (Wildman–Crippen MR) is 93.9 cm³/mol. The lowest BCUT2D eigenvalue weighted by molar-refractivity contribution is -0.385. The lowest BCUT2D eigenvalue weighted by Gasteiger charge is -2.06. The molecule has 0 fully saturated rings. The Morgan fingerprint density at radius 3 is 2.63 bits per heavy atom. The average Bonchev–Trinajstić information content (AvgIpc) is 3.19. The van der Waals surface area contributed by atoms with Gasteiger partial charge in [-0.25, -0.2) is 9.59 Å². The molecule has 12 heteroatoms. The van der Waals surface area contributed by atoms with Gasteiger partial charge in [0.15, 0.2) is 0 Å². The van der Waals surface area contributed by atoms with Crippen LogP contribution < -0.4 is 5.32 Å². The Hall–Kier alpha value is -3.28. The molecule has 0 saturated heterocycles. The van der Waals surface area contributed by atoms with Gasteiger partial charge in [-0.05, 0) is 19.4 Å². The Morgan fingerprint density at radius 1 is 1.37 bits per heavy atom. The quantitative estimate of drug-likeness (QED) is 0.424. The number of nitro groups is 1. The number of thiophene rings is 1. The maximum atomic E-state index is 12.2. The molecule has 144 valence electrons. The fraction of sp³-hybridized carbons (Fsp3) is 0.333. The first-order valence-corrected chi connectivity index (χ1v) is 8.45. The van der Waals surface area contributed by atoms with Gasteiger partial charge in [0.25, 0.3) is 0 Å². The summed E-state index contributed by atoms with van der Waals surface area (Å²) in [6, 6.07) is 0. The summed E-state index contributed by atoms with van der Waals surface area (Å²) in [6.07, 6.45) is 2.12. The van der Waals surface area contributed by atoms with Crippen molar-refractivity contribution >= 4 is 39.9 Å². The highest BCUT2D eigenvalue weighted by Gasteiger charge is 2.27. The Morgan fingerprint density at radius 2 is 2.07 bits per heavy atom. The van der Waals surface area contributed by atoms with Crippen LogP contribution in [0.15, 0.2) is 12.4 Å². The van der Waals surface area contributed by atoms with Gasteiger partial charge in [0.1, 0.15) is 28.8 Å². The standard InChI is InChI=1S/C15H16N4O7S/c1-4-26-15(22)12-8(2)11(14(21)25-3)13(27-12)17-10(20)7-18-6-9(5-16-18)19(23)24/h5-6H,4,7H2,1-3H3,(H,17,20). The summed E-state index contributed by atoms with van der Waals surface area (Å²) in [5, 5.41) is 17.0. The van der Waals surface area contributed by atoms with E-state index in [1.165, 1.54) is 7.11 Å². The van der Waals surface area contributed by atoms with Gasteiger partial charge in [-0.15, -0.1) is 11.3 Å². The van der Waals surface area contributed by atoms with Crippen molar-refractivity contribution in [2.24, 2.45) is 0 Å². The number of esters is 2. The number of nitrogens with one attached hydrogen (secondary N) is 1. The van der Waals surface area contributed by atoms with Gasteiger partial charge in [-0.2, -0.15) is 5.10 Å². The number of carbonyl (C=O) groups is 3. The highest BCUT2D eigenvalue weighted by Crippen LogP contribution is 2.34. The van der Waals surface area contributed by atoms with Crippen LogP contribution in [0.5, 0.6) is 0 Å². The van der Waals surface area contributed by atoms with E-state index in [2.05, 4.69) is 10.4 Å². The number of aromatic nitrogens is 2. The van der Waals surface area contributed by atoms with Gasteiger partial charge in [0.05, 0.1) is 24.2 Å². The third-order valence-corrected chi connectivity index (χ3v) is 4.57. The minimum atomic E-state index is -0.718. The van der Waals surface area contributed by atoms with Gasteiger partial charge >= 0.3 is 17.6 Å². The van der Waals surface area contributed by atoms with Crippen molar-refractivity contribution in [3.63, 3.8) is 0 Å². The molecule has 1 amide bonds. The summed E-state index contributed by atoms with van der Waals surface area (Å²) in [6.45, 7) is 3.03. The summed E-state index contributed by atoms with van der Waals surface area (Å²) in [5.41, 5.74) is 0.121. The lowest BCUT2D eigenvalue weighted by Crippen LogP contribution is -2.20. The molecule has 2 aromatic rings. The summed E-state index contributed by atoms with van der Waals surface area (Å²) in [7, 11) is 1.18. The minimum absolute atomic E-state index is 0.0466. The van der Waals surface area contributed by atoms with Crippen LogP contribution in [0, 0.1) is 17.0 Å². The van der Waals surface area contributed by atoms with Crippen LogP contribution in [0.4, 0.5) is 10.7 Å². The summed E-state index contributed by atoms with van der Waals surface area (Å²) in [5.74, 6) is -1.92. The summed E-state index contributed by atoms with van der Waals surface area (Å²) >= 11 is 0.882. The van der Waals surface area contributed by atoms with Crippen LogP contribution in [0.3, 0.4) is 0 Å². The molecular weight excluding hydrogens is 380 g/mol. The lowest BCUT2D eigenvalue weighted by atomic mass is 10.1. The van der Waals surface area contributed by atoms with E-state index in [-0.39, 0.29) is 34.3 Å². The Kier molecular flexibility index (Phi) is 6.23. The molecule has 2 heterocycles. The average molecular weight is 396 g/mol. The zero-order valence-electron chi connectivity index (χ0n) is 14.7. The fourth-order valence-electron chi connectivity index (χ4n) is 2.19. The summed E-state index contributed by atoms with van der Waals surface area (Å²) < 4.78 is 10.7. The van der Waals surface area contributed by atoms with E-state index in [4.69, 9.17) is 9.47 Å². The van der Waals surface area contributed by atoms with Gasteiger partial charge in [-0.1, -0.05) is 0 Å². The van der Waals surface area contributed by atoms with E-state index in [9.17, 15) is 24.5 Å². The van der Waals surface area contributed by atoms with E-state index in [0.29, 0.717) is 5.56 Å². The molecule has 0 aliphatic carbocycles. The number of ether oxygens (including phenoxy) is 2. The second-order valence-corrected chi connectivity index (χ2v) is 6.19. The number of hydrogen-bond acceptors (Lipinski definition) is 9. The minimum Gasteiger partial charge on any atom is -0.465 e. The van der Waals surface area contributed by atoms with Crippen LogP contribution >= 0.6 is 11.3 Å². The third kappa shape index (κ3) is 4.47. The molecule has 0 atom stereocenters. The third-order valence-electron chi connectivity index (χ3n) is 3.39. The van der Waals surface area contributed by atoms with Crippen LogP contribution in [0.25, 0.3) is 0 Å². The largest absolute Gasteiger partial charge is 0.465 e. The van der Waals surface area contributed by atoms with Crippen molar-refractivity contribution in [2.75, 3.05) is 19.0 Å². The summed E-state index contributed by atoms with van der Waals surface area (Å²) in [4.78, 5) is 46.5. The van der Waals surface area contributed by atoms with Crippen LogP contribution in [-0.2, 0) is 20.8 Å². The smallest absolute Gasteiger partial charge is 0.348 e. The van der Waals surface area contributed by atoms with Gasteiger partial charge in [0, 0.05) is 0 Å². The number of nitrogens with zero attached hydrogens (tertiary/aromatic N) is 3. The monoisotopic (exact) mass is 396 g/mol. The number of methoxy groups -OCH3 is 1. The molecule has 0 unspecified atom stereocenters. The van der Waals surface area contributed by atoms with Crippen LogP contribution in [0.1, 0.15) is 32.5 Å². The van der Waals surface area contributed by atoms with Crippen molar-refractivity contribution in [2.45, 2.75) is 20.4 Å². The molecule has 0 radical (unpaired) electrons. The molecule has 0 saturated carbocycles. The molecule has 11 nitrogen and oxygen atoms in total. The fourth-order valence-corrected chi connectivity index (χ4v) is 3.29. The molecule has 1 N–H and O–H groups in total. The molecule has 0 bridgehead atoms. The van der Waals surface area contributed by atoms with Gasteiger partial charge in [-0.3, -0.25) is 19.6 Å². The first kappa shape index (κ1) is 20.0. The Bertz CT molecular complexity index is 902. The second-order valence-electron chi connectivity index (χ2n) is 5.17. The molecule has 0 spiro atoms. The van der Waals surface area contributed by atoms with Crippen LogP contribution in [0.2, 0.25) is 0 Å².